The highest BCUT2D eigenvalue weighted by Crippen LogP contribution is 2.20. The number of carbonyl (C=O) groups is 3. The van der Waals surface area contributed by atoms with Gasteiger partial charge >= 0.3 is 5.97 Å². The van der Waals surface area contributed by atoms with Gasteiger partial charge in [0, 0.05) is 9.61 Å². The van der Waals surface area contributed by atoms with Gasteiger partial charge in [-0.15, -0.1) is 0 Å². The second kappa shape index (κ2) is 9.68. The van der Waals surface area contributed by atoms with Crippen LogP contribution in [0.2, 0.25) is 0 Å². The third-order valence-corrected chi connectivity index (χ3v) is 5.50. The number of hydrogen-bond donors (Lipinski definition) is 2. The van der Waals surface area contributed by atoms with E-state index in [9.17, 15) is 14.4 Å². The molecule has 0 atom stereocenters. The van der Waals surface area contributed by atoms with Crippen LogP contribution >= 0.6 is 22.6 Å². The lowest BCUT2D eigenvalue weighted by molar-refractivity contribution is -0.119. The van der Waals surface area contributed by atoms with E-state index in [4.69, 9.17) is 4.74 Å². The maximum Gasteiger partial charge on any atom is 0.339 e. The molecule has 0 radical (unpaired) electrons. The Morgan fingerprint density at radius 3 is 2.32 bits per heavy atom. The van der Waals surface area contributed by atoms with E-state index in [1.807, 2.05) is 28.7 Å². The van der Waals surface area contributed by atoms with Crippen LogP contribution in [0.4, 0.5) is 5.69 Å². The van der Waals surface area contributed by atoms with E-state index < -0.39 is 18.5 Å². The molecule has 3 rings (SSSR count). The van der Waals surface area contributed by atoms with E-state index in [0.29, 0.717) is 16.8 Å². The SMILES string of the molecule is O=C(COC(=O)c1ccccc1I)Nc1ccccc1C(=O)NC1CCCC1. The van der Waals surface area contributed by atoms with Crippen molar-refractivity contribution in [3.05, 3.63) is 63.2 Å². The largest absolute Gasteiger partial charge is 0.452 e. The molecular weight excluding hydrogens is 471 g/mol. The van der Waals surface area contributed by atoms with Crippen LogP contribution < -0.4 is 10.6 Å². The predicted molar refractivity (Wildman–Crippen MR) is 114 cm³/mol. The molecule has 0 unspecified atom stereocenters. The summed E-state index contributed by atoms with van der Waals surface area (Å²) in [6.45, 7) is -0.428. The summed E-state index contributed by atoms with van der Waals surface area (Å²) in [6.07, 6.45) is 4.20. The number of esters is 1. The van der Waals surface area contributed by atoms with Crippen molar-refractivity contribution in [3.8, 4) is 0 Å². The first-order valence-corrected chi connectivity index (χ1v) is 10.2. The number of halogens is 1. The molecule has 0 aromatic heterocycles. The molecule has 0 heterocycles. The standard InChI is InChI=1S/C21H21IN2O4/c22-17-11-5-3-9-15(17)21(27)28-13-19(25)24-18-12-6-4-10-16(18)20(26)23-14-7-1-2-8-14/h3-6,9-12,14H,1-2,7-8,13H2,(H,23,26)(H,24,25). The quantitative estimate of drug-likeness (QED) is 0.475. The molecule has 2 aromatic carbocycles. The molecule has 1 aliphatic carbocycles. The van der Waals surface area contributed by atoms with Gasteiger partial charge in [0.15, 0.2) is 6.61 Å². The molecule has 0 aliphatic heterocycles. The maximum absolute atomic E-state index is 12.5. The Hall–Kier alpha value is -2.42. The molecule has 1 fully saturated rings. The highest BCUT2D eigenvalue weighted by atomic mass is 127. The van der Waals surface area contributed by atoms with Crippen molar-refractivity contribution in [1.82, 2.24) is 5.32 Å². The first kappa shape index (κ1) is 20.3. The monoisotopic (exact) mass is 492 g/mol. The van der Waals surface area contributed by atoms with Crippen molar-refractivity contribution in [2.45, 2.75) is 31.7 Å². The smallest absolute Gasteiger partial charge is 0.339 e. The van der Waals surface area contributed by atoms with Gasteiger partial charge in [-0.05, 0) is 59.7 Å². The fourth-order valence-electron chi connectivity index (χ4n) is 3.15. The van der Waals surface area contributed by atoms with Gasteiger partial charge in [0.05, 0.1) is 16.8 Å². The number of amides is 2. The fourth-order valence-corrected chi connectivity index (χ4v) is 3.75. The van der Waals surface area contributed by atoms with E-state index >= 15 is 0 Å². The summed E-state index contributed by atoms with van der Waals surface area (Å²) in [5.74, 6) is -1.27. The highest BCUT2D eigenvalue weighted by Gasteiger charge is 2.20. The maximum atomic E-state index is 12.5. The average molecular weight is 492 g/mol. The van der Waals surface area contributed by atoms with Gasteiger partial charge in [0.25, 0.3) is 11.8 Å². The minimum atomic E-state index is -0.563. The normalized spacial score (nSPS) is 13.8. The molecule has 28 heavy (non-hydrogen) atoms. The van der Waals surface area contributed by atoms with Crippen LogP contribution in [-0.2, 0) is 9.53 Å². The van der Waals surface area contributed by atoms with Crippen LogP contribution in [0.25, 0.3) is 0 Å². The summed E-state index contributed by atoms with van der Waals surface area (Å²) >= 11 is 2.04. The summed E-state index contributed by atoms with van der Waals surface area (Å²) in [5.41, 5.74) is 1.20. The van der Waals surface area contributed by atoms with Gasteiger partial charge in [-0.2, -0.15) is 0 Å². The molecule has 146 valence electrons. The van der Waals surface area contributed by atoms with Crippen LogP contribution in [0.1, 0.15) is 46.4 Å². The molecule has 2 amide bonds. The number of rotatable bonds is 6. The average Bonchev–Trinajstić information content (AvgIpc) is 3.20. The van der Waals surface area contributed by atoms with Crippen molar-refractivity contribution < 1.29 is 19.1 Å². The summed E-state index contributed by atoms with van der Waals surface area (Å²) in [7, 11) is 0. The van der Waals surface area contributed by atoms with E-state index in [-0.39, 0.29) is 11.9 Å². The number of hydrogen-bond acceptors (Lipinski definition) is 4. The van der Waals surface area contributed by atoms with E-state index in [0.717, 1.165) is 29.3 Å². The zero-order valence-electron chi connectivity index (χ0n) is 15.2. The van der Waals surface area contributed by atoms with Crippen LogP contribution in [0, 0.1) is 3.57 Å². The number of anilines is 1. The van der Waals surface area contributed by atoms with Crippen molar-refractivity contribution >= 4 is 46.1 Å². The molecule has 2 N–H and O–H groups in total. The fraction of sp³-hybridized carbons (Fsp3) is 0.286. The van der Waals surface area contributed by atoms with Gasteiger partial charge in [0.2, 0.25) is 0 Å². The lowest BCUT2D eigenvalue weighted by Crippen LogP contribution is -2.33. The molecule has 1 aliphatic rings. The third-order valence-electron chi connectivity index (χ3n) is 4.56. The molecule has 0 spiro atoms. The van der Waals surface area contributed by atoms with Gasteiger partial charge in [-0.3, -0.25) is 9.59 Å². The summed E-state index contributed by atoms with van der Waals surface area (Å²) in [5, 5.41) is 5.67. The Morgan fingerprint density at radius 1 is 0.964 bits per heavy atom. The second-order valence-electron chi connectivity index (χ2n) is 6.60. The lowest BCUT2D eigenvalue weighted by Gasteiger charge is -2.15. The predicted octanol–water partition coefficient (Wildman–Crippen LogP) is 3.76. The third kappa shape index (κ3) is 5.31. The number of benzene rings is 2. The molecule has 0 bridgehead atoms. The van der Waals surface area contributed by atoms with Crippen LogP contribution in [0.3, 0.4) is 0 Å². The van der Waals surface area contributed by atoms with Crippen LogP contribution in [-0.4, -0.2) is 30.4 Å². The minimum Gasteiger partial charge on any atom is -0.452 e. The van der Waals surface area contributed by atoms with Crippen molar-refractivity contribution in [1.29, 1.82) is 0 Å². The Labute approximate surface area is 177 Å². The Balaban J connectivity index is 1.59. The van der Waals surface area contributed by atoms with E-state index in [1.165, 1.54) is 0 Å². The van der Waals surface area contributed by atoms with E-state index in [1.54, 1.807) is 42.5 Å². The van der Waals surface area contributed by atoms with Crippen molar-refractivity contribution in [2.75, 3.05) is 11.9 Å². The summed E-state index contributed by atoms with van der Waals surface area (Å²) in [4.78, 5) is 36.9. The topological polar surface area (TPSA) is 84.5 Å². The zero-order chi connectivity index (χ0) is 19.9. The summed E-state index contributed by atoms with van der Waals surface area (Å²) in [6, 6.07) is 14.0. The van der Waals surface area contributed by atoms with Gasteiger partial charge in [-0.1, -0.05) is 37.1 Å². The molecular formula is C21H21IN2O4. The second-order valence-corrected chi connectivity index (χ2v) is 7.77. The minimum absolute atomic E-state index is 0.186. The first-order valence-electron chi connectivity index (χ1n) is 9.16. The Kier molecular flexibility index (Phi) is 7.02. The van der Waals surface area contributed by atoms with E-state index in [2.05, 4.69) is 10.6 Å². The highest BCUT2D eigenvalue weighted by molar-refractivity contribution is 14.1. The molecule has 7 heteroatoms. The van der Waals surface area contributed by atoms with Gasteiger partial charge in [0.1, 0.15) is 0 Å². The Morgan fingerprint density at radius 2 is 1.61 bits per heavy atom. The zero-order valence-corrected chi connectivity index (χ0v) is 17.4. The Bertz CT molecular complexity index is 878. The lowest BCUT2D eigenvalue weighted by atomic mass is 10.1. The number of nitrogens with one attached hydrogen (secondary N) is 2. The summed E-state index contributed by atoms with van der Waals surface area (Å²) < 4.78 is 5.84. The van der Waals surface area contributed by atoms with Crippen molar-refractivity contribution in [3.63, 3.8) is 0 Å². The van der Waals surface area contributed by atoms with Crippen LogP contribution in [0.15, 0.2) is 48.5 Å². The molecule has 2 aromatic rings. The number of carbonyl (C=O) groups excluding carboxylic acids is 3. The first-order chi connectivity index (χ1) is 13.5. The molecule has 1 saturated carbocycles. The van der Waals surface area contributed by atoms with Gasteiger partial charge < -0.3 is 15.4 Å². The van der Waals surface area contributed by atoms with Crippen molar-refractivity contribution in [2.24, 2.45) is 0 Å². The number of ether oxygens (including phenoxy) is 1. The molecule has 0 saturated heterocycles. The molecule has 6 nitrogen and oxygen atoms in total. The van der Waals surface area contributed by atoms with Crippen LogP contribution in [0.5, 0.6) is 0 Å². The van der Waals surface area contributed by atoms with Gasteiger partial charge in [-0.25, -0.2) is 4.79 Å². The number of para-hydroxylation sites is 1.